The minimum Gasteiger partial charge on any atom is -0.493 e. The van der Waals surface area contributed by atoms with E-state index >= 15 is 0 Å². The van der Waals surface area contributed by atoms with Gasteiger partial charge in [-0.3, -0.25) is 4.79 Å². The van der Waals surface area contributed by atoms with Gasteiger partial charge in [-0.1, -0.05) is 67.2 Å². The van der Waals surface area contributed by atoms with E-state index in [9.17, 15) is 4.79 Å². The molecule has 7 heteroatoms. The fourth-order valence-corrected chi connectivity index (χ4v) is 4.23. The van der Waals surface area contributed by atoms with E-state index < -0.39 is 0 Å². The molecule has 4 rings (SSSR count). The molecule has 1 aliphatic heterocycles. The molecule has 0 saturated carbocycles. The number of thioether (sulfide) groups is 1. The van der Waals surface area contributed by atoms with E-state index in [1.54, 1.807) is 0 Å². The Labute approximate surface area is 180 Å². The van der Waals surface area contributed by atoms with E-state index in [1.807, 2.05) is 49.4 Å². The van der Waals surface area contributed by atoms with Crippen LogP contribution >= 0.6 is 11.8 Å². The van der Waals surface area contributed by atoms with Gasteiger partial charge in [0.25, 0.3) is 5.22 Å². The summed E-state index contributed by atoms with van der Waals surface area (Å²) in [5, 5.41) is 11.5. The molecule has 1 aliphatic rings. The SMILES string of the molecule is CC(Sc1nnc(CC(C)c2ccccc2)o1)C(=O)NC1CCOc2ccccc21. The van der Waals surface area contributed by atoms with E-state index in [0.717, 1.165) is 17.7 Å². The summed E-state index contributed by atoms with van der Waals surface area (Å²) in [6.07, 6.45) is 1.42. The molecule has 0 spiro atoms. The molecule has 0 radical (unpaired) electrons. The molecule has 2 aromatic carbocycles. The number of ether oxygens (including phenoxy) is 1. The molecule has 2 heterocycles. The molecule has 1 aromatic heterocycles. The Morgan fingerprint density at radius 3 is 2.73 bits per heavy atom. The predicted molar refractivity (Wildman–Crippen MR) is 116 cm³/mol. The highest BCUT2D eigenvalue weighted by Crippen LogP contribution is 2.32. The molecule has 156 valence electrons. The number of benzene rings is 2. The summed E-state index contributed by atoms with van der Waals surface area (Å²) in [6, 6.07) is 18.0. The highest BCUT2D eigenvalue weighted by atomic mass is 32.2. The van der Waals surface area contributed by atoms with Crippen molar-refractivity contribution >= 4 is 17.7 Å². The van der Waals surface area contributed by atoms with E-state index in [-0.39, 0.29) is 23.1 Å². The molecule has 3 aromatic rings. The van der Waals surface area contributed by atoms with Gasteiger partial charge in [-0.25, -0.2) is 0 Å². The van der Waals surface area contributed by atoms with Crippen LogP contribution in [-0.2, 0) is 11.2 Å². The minimum absolute atomic E-state index is 0.0459. The molecule has 0 bridgehead atoms. The number of hydrogen-bond acceptors (Lipinski definition) is 6. The quantitative estimate of drug-likeness (QED) is 0.563. The highest BCUT2D eigenvalue weighted by Gasteiger charge is 2.26. The van der Waals surface area contributed by atoms with Gasteiger partial charge in [-0.2, -0.15) is 0 Å². The van der Waals surface area contributed by atoms with Crippen LogP contribution < -0.4 is 10.1 Å². The van der Waals surface area contributed by atoms with Crippen LogP contribution in [0.3, 0.4) is 0 Å². The van der Waals surface area contributed by atoms with Crippen molar-refractivity contribution in [1.29, 1.82) is 0 Å². The maximum Gasteiger partial charge on any atom is 0.277 e. The Bertz CT molecular complexity index is 992. The lowest BCUT2D eigenvalue weighted by molar-refractivity contribution is -0.121. The van der Waals surface area contributed by atoms with E-state index in [4.69, 9.17) is 9.15 Å². The monoisotopic (exact) mass is 423 g/mol. The Morgan fingerprint density at radius 1 is 1.13 bits per heavy atom. The second-order valence-corrected chi connectivity index (χ2v) is 8.77. The molecular formula is C23H25N3O3S. The molecular weight excluding hydrogens is 398 g/mol. The maximum absolute atomic E-state index is 12.7. The lowest BCUT2D eigenvalue weighted by atomic mass is 9.98. The van der Waals surface area contributed by atoms with Crippen LogP contribution in [0.5, 0.6) is 5.75 Å². The summed E-state index contributed by atoms with van der Waals surface area (Å²) in [5.41, 5.74) is 2.25. The van der Waals surface area contributed by atoms with Crippen LogP contribution in [0, 0.1) is 0 Å². The molecule has 1 amide bonds. The van der Waals surface area contributed by atoms with Crippen LogP contribution in [-0.4, -0.2) is 28.0 Å². The van der Waals surface area contributed by atoms with Gasteiger partial charge in [0.05, 0.1) is 17.9 Å². The van der Waals surface area contributed by atoms with Crippen molar-refractivity contribution in [2.45, 2.75) is 49.1 Å². The molecule has 0 aliphatic carbocycles. The predicted octanol–water partition coefficient (Wildman–Crippen LogP) is 4.54. The first kappa shape index (κ1) is 20.5. The zero-order chi connectivity index (χ0) is 20.9. The van der Waals surface area contributed by atoms with Crippen molar-refractivity contribution in [1.82, 2.24) is 15.5 Å². The van der Waals surface area contributed by atoms with Gasteiger partial charge in [-0.15, -0.1) is 10.2 Å². The second kappa shape index (κ2) is 9.34. The fourth-order valence-electron chi connectivity index (χ4n) is 3.52. The number of fused-ring (bicyclic) bond motifs is 1. The number of amides is 1. The number of para-hydroxylation sites is 1. The van der Waals surface area contributed by atoms with Crippen molar-refractivity contribution in [2.75, 3.05) is 6.61 Å². The van der Waals surface area contributed by atoms with Gasteiger partial charge in [0.1, 0.15) is 5.75 Å². The first-order valence-corrected chi connectivity index (χ1v) is 11.0. The van der Waals surface area contributed by atoms with Crippen LogP contribution in [0.1, 0.15) is 49.2 Å². The smallest absolute Gasteiger partial charge is 0.277 e. The largest absolute Gasteiger partial charge is 0.493 e. The molecule has 6 nitrogen and oxygen atoms in total. The van der Waals surface area contributed by atoms with E-state index in [2.05, 4.69) is 34.6 Å². The first-order chi connectivity index (χ1) is 14.6. The summed E-state index contributed by atoms with van der Waals surface area (Å²) >= 11 is 1.28. The Kier molecular flexibility index (Phi) is 6.38. The summed E-state index contributed by atoms with van der Waals surface area (Å²) in [7, 11) is 0. The molecule has 0 fully saturated rings. The zero-order valence-electron chi connectivity index (χ0n) is 17.1. The van der Waals surface area contributed by atoms with Crippen molar-refractivity contribution in [3.05, 3.63) is 71.6 Å². The van der Waals surface area contributed by atoms with Crippen LogP contribution in [0.15, 0.2) is 64.2 Å². The number of hydrogen-bond donors (Lipinski definition) is 1. The van der Waals surface area contributed by atoms with Crippen molar-refractivity contribution in [3.8, 4) is 5.75 Å². The average molecular weight is 424 g/mol. The summed E-state index contributed by atoms with van der Waals surface area (Å²) < 4.78 is 11.5. The number of carbonyl (C=O) groups excluding carboxylic acids is 1. The number of nitrogens with zero attached hydrogens (tertiary/aromatic N) is 2. The number of rotatable bonds is 7. The van der Waals surface area contributed by atoms with Crippen molar-refractivity contribution in [3.63, 3.8) is 0 Å². The second-order valence-electron chi connectivity index (χ2n) is 7.47. The zero-order valence-corrected chi connectivity index (χ0v) is 17.9. The summed E-state index contributed by atoms with van der Waals surface area (Å²) in [4.78, 5) is 12.7. The summed E-state index contributed by atoms with van der Waals surface area (Å²) in [5.74, 6) is 1.64. The van der Waals surface area contributed by atoms with E-state index in [1.165, 1.54) is 17.3 Å². The molecule has 3 unspecified atom stereocenters. The molecule has 3 atom stereocenters. The Balaban J connectivity index is 1.33. The van der Waals surface area contributed by atoms with Gasteiger partial charge in [0.15, 0.2) is 0 Å². The normalized spacial score (nSPS) is 17.5. The third-order valence-corrected chi connectivity index (χ3v) is 6.15. The third-order valence-electron chi connectivity index (χ3n) is 5.22. The van der Waals surface area contributed by atoms with Gasteiger partial charge < -0.3 is 14.5 Å². The van der Waals surface area contributed by atoms with Gasteiger partial charge in [-0.05, 0) is 24.5 Å². The van der Waals surface area contributed by atoms with Crippen LogP contribution in [0.25, 0.3) is 0 Å². The standard InChI is InChI=1S/C23H25N3O3S/c1-15(17-8-4-3-5-9-17)14-21-25-26-23(29-21)30-16(2)22(27)24-19-12-13-28-20-11-7-6-10-18(19)20/h3-11,15-16,19H,12-14H2,1-2H3,(H,24,27). The summed E-state index contributed by atoms with van der Waals surface area (Å²) in [6.45, 7) is 4.58. The number of aromatic nitrogens is 2. The third kappa shape index (κ3) is 4.84. The van der Waals surface area contributed by atoms with Crippen LogP contribution in [0.2, 0.25) is 0 Å². The molecule has 0 saturated heterocycles. The highest BCUT2D eigenvalue weighted by molar-refractivity contribution is 8.00. The Hall–Kier alpha value is -2.80. The lowest BCUT2D eigenvalue weighted by Crippen LogP contribution is -2.36. The van der Waals surface area contributed by atoms with E-state index in [0.29, 0.717) is 24.1 Å². The Morgan fingerprint density at radius 2 is 1.90 bits per heavy atom. The van der Waals surface area contributed by atoms with Crippen LogP contribution in [0.4, 0.5) is 0 Å². The van der Waals surface area contributed by atoms with Gasteiger partial charge in [0.2, 0.25) is 11.8 Å². The average Bonchev–Trinajstić information content (AvgIpc) is 3.21. The number of nitrogens with one attached hydrogen (secondary N) is 1. The number of carbonyl (C=O) groups is 1. The molecule has 30 heavy (non-hydrogen) atoms. The maximum atomic E-state index is 12.7. The lowest BCUT2D eigenvalue weighted by Gasteiger charge is -2.27. The fraction of sp³-hybridized carbons (Fsp3) is 0.348. The van der Waals surface area contributed by atoms with Crippen molar-refractivity contribution in [2.24, 2.45) is 0 Å². The van der Waals surface area contributed by atoms with Gasteiger partial charge >= 0.3 is 0 Å². The molecule has 1 N–H and O–H groups in total. The first-order valence-electron chi connectivity index (χ1n) is 10.2. The van der Waals surface area contributed by atoms with Gasteiger partial charge in [0, 0.05) is 18.4 Å². The topological polar surface area (TPSA) is 77.2 Å². The van der Waals surface area contributed by atoms with Crippen molar-refractivity contribution < 1.29 is 13.9 Å². The minimum atomic E-state index is -0.347.